The van der Waals surface area contributed by atoms with E-state index in [0.29, 0.717) is 11.4 Å². The fraction of sp³-hybridized carbons (Fsp3) is 0.133. The minimum absolute atomic E-state index is 0.218. The van der Waals surface area contributed by atoms with Gasteiger partial charge < -0.3 is 10.1 Å². The zero-order valence-corrected chi connectivity index (χ0v) is 10.8. The fourth-order valence-corrected chi connectivity index (χ4v) is 2.33. The van der Waals surface area contributed by atoms with Gasteiger partial charge >= 0.3 is 0 Å². The number of benzene rings is 1. The highest BCUT2D eigenvalue weighted by atomic mass is 19.1. The Morgan fingerprint density at radius 1 is 1.16 bits per heavy atom. The lowest BCUT2D eigenvalue weighted by Crippen LogP contribution is -1.93. The van der Waals surface area contributed by atoms with E-state index in [0.717, 1.165) is 22.5 Å². The van der Waals surface area contributed by atoms with Crippen molar-refractivity contribution in [1.29, 1.82) is 0 Å². The summed E-state index contributed by atoms with van der Waals surface area (Å²) in [6, 6.07) is 8.81. The molecule has 3 nitrogen and oxygen atoms in total. The topological polar surface area (TPSA) is 43.3 Å². The van der Waals surface area contributed by atoms with Crippen molar-refractivity contribution in [3.8, 4) is 11.1 Å². The van der Waals surface area contributed by atoms with Crippen molar-refractivity contribution in [2.75, 3.05) is 5.73 Å². The summed E-state index contributed by atoms with van der Waals surface area (Å²) in [6.07, 6.45) is 1.87. The number of rotatable bonds is 1. The van der Waals surface area contributed by atoms with E-state index in [1.807, 2.05) is 42.6 Å². The van der Waals surface area contributed by atoms with Crippen LogP contribution < -0.4 is 5.73 Å². The van der Waals surface area contributed by atoms with E-state index < -0.39 is 0 Å². The van der Waals surface area contributed by atoms with Crippen LogP contribution in [0.15, 0.2) is 36.5 Å². The van der Waals surface area contributed by atoms with E-state index in [1.165, 1.54) is 6.07 Å². The van der Waals surface area contributed by atoms with Gasteiger partial charge in [0.15, 0.2) is 0 Å². The van der Waals surface area contributed by atoms with Crippen molar-refractivity contribution in [2.24, 2.45) is 0 Å². The summed E-state index contributed by atoms with van der Waals surface area (Å²) in [5.41, 5.74) is 9.78. The molecule has 19 heavy (non-hydrogen) atoms. The van der Waals surface area contributed by atoms with Crippen LogP contribution in [0.2, 0.25) is 0 Å². The van der Waals surface area contributed by atoms with E-state index in [2.05, 4.69) is 4.98 Å². The van der Waals surface area contributed by atoms with Gasteiger partial charge in [-0.3, -0.25) is 0 Å². The predicted molar refractivity (Wildman–Crippen MR) is 74.5 cm³/mol. The Hall–Kier alpha value is -2.36. The molecule has 0 fully saturated rings. The smallest absolute Gasteiger partial charge is 0.145 e. The third kappa shape index (κ3) is 1.76. The minimum atomic E-state index is -0.218. The van der Waals surface area contributed by atoms with Crippen LogP contribution in [0.5, 0.6) is 0 Å². The van der Waals surface area contributed by atoms with E-state index in [4.69, 9.17) is 5.73 Å². The average Bonchev–Trinajstić information content (AvgIpc) is 2.65. The number of hydrogen-bond donors (Lipinski definition) is 1. The standard InChI is InChI=1S/C15H14FN3/c1-9-4-3-5-12(16)14(9)11-6-7-13-18-15(17)10(2)19(13)8-11/h3-8H,17H2,1-2H3. The molecule has 0 atom stereocenters. The third-order valence-corrected chi connectivity index (χ3v) is 3.40. The van der Waals surface area contributed by atoms with Crippen LogP contribution in [0.1, 0.15) is 11.3 Å². The lowest BCUT2D eigenvalue weighted by molar-refractivity contribution is 0.630. The molecule has 0 aliphatic rings. The molecule has 2 N–H and O–H groups in total. The number of anilines is 1. The van der Waals surface area contributed by atoms with E-state index in [-0.39, 0.29) is 5.82 Å². The fourth-order valence-electron chi connectivity index (χ4n) is 2.33. The van der Waals surface area contributed by atoms with Crippen molar-refractivity contribution in [3.63, 3.8) is 0 Å². The molecule has 0 saturated carbocycles. The molecule has 0 spiro atoms. The lowest BCUT2D eigenvalue weighted by Gasteiger charge is -2.08. The number of aromatic nitrogens is 2. The van der Waals surface area contributed by atoms with Crippen molar-refractivity contribution >= 4 is 11.5 Å². The van der Waals surface area contributed by atoms with Crippen molar-refractivity contribution in [1.82, 2.24) is 9.38 Å². The summed E-state index contributed by atoms with van der Waals surface area (Å²) in [6.45, 7) is 3.80. The monoisotopic (exact) mass is 255 g/mol. The molecule has 0 bridgehead atoms. The summed E-state index contributed by atoms with van der Waals surface area (Å²) in [7, 11) is 0. The predicted octanol–water partition coefficient (Wildman–Crippen LogP) is 3.34. The highest BCUT2D eigenvalue weighted by Gasteiger charge is 2.11. The van der Waals surface area contributed by atoms with Crippen LogP contribution in [-0.2, 0) is 0 Å². The molecule has 0 saturated heterocycles. The van der Waals surface area contributed by atoms with Crippen LogP contribution in [0.4, 0.5) is 10.2 Å². The molecular formula is C15H14FN3. The van der Waals surface area contributed by atoms with Crippen LogP contribution in [0, 0.1) is 19.7 Å². The quantitative estimate of drug-likeness (QED) is 0.724. The molecule has 3 aromatic rings. The Morgan fingerprint density at radius 3 is 2.68 bits per heavy atom. The van der Waals surface area contributed by atoms with Crippen molar-refractivity contribution in [3.05, 3.63) is 53.6 Å². The molecule has 2 aromatic heterocycles. The minimum Gasteiger partial charge on any atom is -0.382 e. The molecule has 0 aliphatic heterocycles. The molecule has 0 unspecified atom stereocenters. The summed E-state index contributed by atoms with van der Waals surface area (Å²) >= 11 is 0. The molecule has 3 rings (SSSR count). The van der Waals surface area contributed by atoms with Crippen LogP contribution in [0.3, 0.4) is 0 Å². The Kier molecular flexibility index (Phi) is 2.52. The van der Waals surface area contributed by atoms with Gasteiger partial charge in [-0.15, -0.1) is 0 Å². The average molecular weight is 255 g/mol. The number of nitrogens with two attached hydrogens (primary N) is 1. The van der Waals surface area contributed by atoms with E-state index in [1.54, 1.807) is 6.07 Å². The number of imidazole rings is 1. The lowest BCUT2D eigenvalue weighted by atomic mass is 10.0. The van der Waals surface area contributed by atoms with Crippen molar-refractivity contribution in [2.45, 2.75) is 13.8 Å². The number of hydrogen-bond acceptors (Lipinski definition) is 2. The Bertz CT molecular complexity index is 754. The molecule has 1 aromatic carbocycles. The van der Waals surface area contributed by atoms with Gasteiger partial charge in [-0.25, -0.2) is 9.37 Å². The zero-order chi connectivity index (χ0) is 13.6. The maximum Gasteiger partial charge on any atom is 0.145 e. The summed E-state index contributed by atoms with van der Waals surface area (Å²) in [5.74, 6) is 0.285. The second kappa shape index (κ2) is 4.09. The highest BCUT2D eigenvalue weighted by Crippen LogP contribution is 2.27. The number of nitrogen functional groups attached to an aromatic ring is 1. The SMILES string of the molecule is Cc1cccc(F)c1-c1ccc2nc(N)c(C)n2c1. The molecule has 96 valence electrons. The second-order valence-corrected chi connectivity index (χ2v) is 4.66. The second-order valence-electron chi connectivity index (χ2n) is 4.66. The third-order valence-electron chi connectivity index (χ3n) is 3.40. The van der Waals surface area contributed by atoms with Gasteiger partial charge in [0.05, 0.1) is 5.69 Å². The Balaban J connectivity index is 2.29. The summed E-state index contributed by atoms with van der Waals surface area (Å²) < 4.78 is 15.9. The normalized spacial score (nSPS) is 11.1. The maximum absolute atomic E-state index is 14.0. The van der Waals surface area contributed by atoms with Gasteiger partial charge in [0.2, 0.25) is 0 Å². The Morgan fingerprint density at radius 2 is 1.95 bits per heavy atom. The van der Waals surface area contributed by atoms with E-state index in [9.17, 15) is 4.39 Å². The van der Waals surface area contributed by atoms with Gasteiger partial charge in [0, 0.05) is 17.3 Å². The first kappa shape index (κ1) is 11.7. The number of nitrogens with zero attached hydrogens (tertiary/aromatic N) is 2. The number of aryl methyl sites for hydroxylation is 2. The molecule has 0 radical (unpaired) electrons. The summed E-state index contributed by atoms with van der Waals surface area (Å²) in [4.78, 5) is 4.24. The van der Waals surface area contributed by atoms with Gasteiger partial charge in [-0.1, -0.05) is 12.1 Å². The van der Waals surface area contributed by atoms with Crippen LogP contribution in [0.25, 0.3) is 16.8 Å². The number of fused-ring (bicyclic) bond motifs is 1. The molecule has 0 amide bonds. The first-order valence-corrected chi connectivity index (χ1v) is 6.07. The largest absolute Gasteiger partial charge is 0.382 e. The van der Waals surface area contributed by atoms with Crippen LogP contribution in [-0.4, -0.2) is 9.38 Å². The first-order valence-electron chi connectivity index (χ1n) is 6.07. The first-order chi connectivity index (χ1) is 9.08. The molecule has 0 aliphatic carbocycles. The van der Waals surface area contributed by atoms with E-state index >= 15 is 0 Å². The molecular weight excluding hydrogens is 241 g/mol. The maximum atomic E-state index is 14.0. The molecule has 4 heteroatoms. The Labute approximate surface area is 110 Å². The van der Waals surface area contributed by atoms with Gasteiger partial charge in [-0.05, 0) is 37.6 Å². The number of pyridine rings is 1. The number of halogens is 1. The van der Waals surface area contributed by atoms with Gasteiger partial charge in [0.25, 0.3) is 0 Å². The van der Waals surface area contributed by atoms with Gasteiger partial charge in [-0.2, -0.15) is 0 Å². The highest BCUT2D eigenvalue weighted by molar-refractivity contribution is 5.69. The molecule has 2 heterocycles. The van der Waals surface area contributed by atoms with Crippen LogP contribution >= 0.6 is 0 Å². The summed E-state index contributed by atoms with van der Waals surface area (Å²) in [5, 5.41) is 0. The van der Waals surface area contributed by atoms with Gasteiger partial charge in [0.1, 0.15) is 17.3 Å². The van der Waals surface area contributed by atoms with Crippen molar-refractivity contribution < 1.29 is 4.39 Å². The zero-order valence-electron chi connectivity index (χ0n) is 10.8.